The summed E-state index contributed by atoms with van der Waals surface area (Å²) in [5, 5.41) is 8.54. The Morgan fingerprint density at radius 3 is 1.46 bits per heavy atom. The van der Waals surface area contributed by atoms with E-state index in [0.717, 1.165) is 47.1 Å². The molecule has 20 heteroatoms. The Labute approximate surface area is 329 Å². The van der Waals surface area contributed by atoms with Crippen LogP contribution < -0.4 is 15.2 Å². The summed E-state index contributed by atoms with van der Waals surface area (Å²) in [5.41, 5.74) is -0.206. The van der Waals surface area contributed by atoms with Crippen LogP contribution in [0.15, 0.2) is 47.4 Å². The van der Waals surface area contributed by atoms with Crippen LogP contribution in [0.3, 0.4) is 0 Å². The number of anilines is 1. The van der Waals surface area contributed by atoms with Crippen LogP contribution in [0, 0.1) is 0 Å². The minimum absolute atomic E-state index is 0.0551. The Kier molecular flexibility index (Phi) is 18.4. The van der Waals surface area contributed by atoms with E-state index in [4.69, 9.17) is 43.0 Å². The number of nitrogens with one attached hydrogen (secondary N) is 1. The molecule has 0 fully saturated rings. The average Bonchev–Trinajstić information content (AvgIpc) is 3.14. The molecule has 57 heavy (non-hydrogen) atoms. The molecule has 19 nitrogen and oxygen atoms in total. The molecule has 0 aromatic heterocycles. The molecule has 2 aromatic carbocycles. The van der Waals surface area contributed by atoms with Crippen molar-refractivity contribution < 1.29 is 79.9 Å². The standard InChI is InChI=1S/C37H48N2O17S/c1-9-11-17-39-28-18-26(19-29(57(38,47)48)30(28)56-27-15-13-12-14-16-27)37(46)55-25(8)36(45)54-24(7)35(44)53-23(6)34(43)52-22(5)33(42)51-21(4)32(41)50-20(3)31(40)49-10-2/h12-16,18-25,39H,9-11,17H2,1-8H3,(H2,38,47,48)/t20-,21-,22-,23-,24-,25-/m0/s1. The van der Waals surface area contributed by atoms with Crippen LogP contribution in [0.2, 0.25) is 0 Å². The molecule has 0 bridgehead atoms. The lowest BCUT2D eigenvalue weighted by Crippen LogP contribution is -2.39. The molecule has 2 aromatic rings. The van der Waals surface area contributed by atoms with Gasteiger partial charge in [-0.2, -0.15) is 0 Å². The van der Waals surface area contributed by atoms with Gasteiger partial charge in [-0.1, -0.05) is 31.5 Å². The van der Waals surface area contributed by atoms with Crippen molar-refractivity contribution in [3.63, 3.8) is 0 Å². The minimum atomic E-state index is -4.48. The van der Waals surface area contributed by atoms with Crippen molar-refractivity contribution >= 4 is 57.5 Å². The molecule has 0 spiro atoms. The van der Waals surface area contributed by atoms with Crippen LogP contribution >= 0.6 is 0 Å². The van der Waals surface area contributed by atoms with E-state index in [1.54, 1.807) is 37.3 Å². The maximum absolute atomic E-state index is 13.2. The highest BCUT2D eigenvalue weighted by molar-refractivity contribution is 7.89. The number of carbonyl (C=O) groups excluding carboxylic acids is 7. The summed E-state index contributed by atoms with van der Waals surface area (Å²) in [6.45, 7) is 10.8. The Bertz CT molecular complexity index is 1870. The van der Waals surface area contributed by atoms with E-state index in [0.29, 0.717) is 13.0 Å². The highest BCUT2D eigenvalue weighted by Crippen LogP contribution is 2.37. The molecular formula is C37H48N2O17S. The van der Waals surface area contributed by atoms with E-state index in [9.17, 15) is 42.0 Å². The fourth-order valence-electron chi connectivity index (χ4n) is 4.30. The zero-order valence-corrected chi connectivity index (χ0v) is 33.6. The number of benzene rings is 2. The summed E-state index contributed by atoms with van der Waals surface area (Å²) < 4.78 is 65.9. The van der Waals surface area contributed by atoms with Gasteiger partial charge in [-0.3, -0.25) is 0 Å². The van der Waals surface area contributed by atoms with Crippen molar-refractivity contribution in [3.8, 4) is 11.5 Å². The molecule has 314 valence electrons. The Morgan fingerprint density at radius 1 is 0.632 bits per heavy atom. The molecule has 0 aliphatic heterocycles. The first-order valence-corrected chi connectivity index (χ1v) is 19.3. The number of rotatable bonds is 21. The monoisotopic (exact) mass is 824 g/mol. The van der Waals surface area contributed by atoms with E-state index in [1.807, 2.05) is 6.92 Å². The third kappa shape index (κ3) is 15.0. The van der Waals surface area contributed by atoms with Gasteiger partial charge in [-0.05, 0) is 79.2 Å². The van der Waals surface area contributed by atoms with Gasteiger partial charge in [0.15, 0.2) is 42.4 Å². The second-order valence-corrected chi connectivity index (χ2v) is 13.8. The summed E-state index contributed by atoms with van der Waals surface area (Å²) in [7, 11) is -4.48. The summed E-state index contributed by atoms with van der Waals surface area (Å²) >= 11 is 0. The van der Waals surface area contributed by atoms with E-state index < -0.39 is 93.3 Å². The van der Waals surface area contributed by atoms with Crippen LogP contribution in [0.4, 0.5) is 5.69 Å². The summed E-state index contributed by atoms with van der Waals surface area (Å²) in [5.74, 6) is -7.70. The topological polar surface area (TPSA) is 266 Å². The zero-order chi connectivity index (χ0) is 43.0. The molecule has 0 unspecified atom stereocenters. The number of esters is 7. The van der Waals surface area contributed by atoms with Gasteiger partial charge < -0.3 is 43.2 Å². The number of unbranched alkanes of at least 4 members (excludes halogenated alkanes) is 1. The van der Waals surface area contributed by atoms with Crippen LogP contribution in [0.25, 0.3) is 0 Å². The van der Waals surface area contributed by atoms with Crippen molar-refractivity contribution in [3.05, 3.63) is 48.0 Å². The third-order valence-corrected chi connectivity index (χ3v) is 8.35. The van der Waals surface area contributed by atoms with Crippen molar-refractivity contribution in [2.75, 3.05) is 18.5 Å². The SMILES string of the molecule is CCCCNc1cc(C(=O)O[C@@H](C)C(=O)O[C@@H](C)C(=O)O[C@@H](C)C(=O)O[C@@H](C)C(=O)O[C@@H](C)C(=O)O[C@@H](C)C(=O)OCC)cc(S(N)(=O)=O)c1Oc1ccccc1. The second-order valence-electron chi connectivity index (χ2n) is 12.3. The van der Waals surface area contributed by atoms with Crippen molar-refractivity contribution in [1.29, 1.82) is 0 Å². The second kappa shape index (κ2) is 22.1. The van der Waals surface area contributed by atoms with E-state index in [1.165, 1.54) is 13.0 Å². The first kappa shape index (κ1) is 47.4. The largest absolute Gasteiger partial charge is 0.463 e. The quantitative estimate of drug-likeness (QED) is 0.104. The number of hydrogen-bond donors (Lipinski definition) is 2. The summed E-state index contributed by atoms with van der Waals surface area (Å²) in [6, 6.07) is 10.5. The maximum atomic E-state index is 13.2. The van der Waals surface area contributed by atoms with Gasteiger partial charge in [0.25, 0.3) is 0 Å². The van der Waals surface area contributed by atoms with Crippen LogP contribution in [0.1, 0.15) is 78.6 Å². The normalized spacial score (nSPS) is 14.2. The smallest absolute Gasteiger partial charge is 0.348 e. The van der Waals surface area contributed by atoms with E-state index >= 15 is 0 Å². The number of ether oxygens (including phenoxy) is 8. The average molecular weight is 825 g/mol. The number of nitrogens with two attached hydrogens (primary N) is 1. The third-order valence-electron chi connectivity index (χ3n) is 7.43. The molecule has 0 radical (unpaired) electrons. The molecule has 0 heterocycles. The number of primary sulfonamides is 1. The van der Waals surface area contributed by atoms with Gasteiger partial charge in [0, 0.05) is 6.54 Å². The minimum Gasteiger partial charge on any atom is -0.463 e. The summed E-state index contributed by atoms with van der Waals surface area (Å²) in [6.07, 6.45) is -7.78. The van der Waals surface area contributed by atoms with E-state index in [-0.39, 0.29) is 29.4 Å². The predicted molar refractivity (Wildman–Crippen MR) is 197 cm³/mol. The summed E-state index contributed by atoms with van der Waals surface area (Å²) in [4.78, 5) is 86.8. The van der Waals surface area contributed by atoms with Crippen LogP contribution in [0.5, 0.6) is 11.5 Å². The molecule has 0 saturated heterocycles. The molecule has 3 N–H and O–H groups in total. The van der Waals surface area contributed by atoms with Gasteiger partial charge in [-0.15, -0.1) is 0 Å². The Hall–Kier alpha value is -5.76. The molecule has 0 amide bonds. The molecule has 0 aliphatic rings. The molecule has 2 rings (SSSR count). The van der Waals surface area contributed by atoms with Crippen molar-refractivity contribution in [2.45, 2.75) is 110 Å². The lowest BCUT2D eigenvalue weighted by molar-refractivity contribution is -0.187. The molecule has 0 aliphatic carbocycles. The predicted octanol–water partition coefficient (Wildman–Crippen LogP) is 3.11. The van der Waals surface area contributed by atoms with Gasteiger partial charge in [0.2, 0.25) is 10.0 Å². The fourth-order valence-corrected chi connectivity index (χ4v) is 5.00. The first-order valence-electron chi connectivity index (χ1n) is 17.8. The number of para-hydroxylation sites is 1. The van der Waals surface area contributed by atoms with Gasteiger partial charge in [0.1, 0.15) is 10.6 Å². The lowest BCUT2D eigenvalue weighted by atomic mass is 10.1. The Balaban J connectivity index is 2.03. The molecular weight excluding hydrogens is 776 g/mol. The highest BCUT2D eigenvalue weighted by atomic mass is 32.2. The molecule has 0 saturated carbocycles. The van der Waals surface area contributed by atoms with Gasteiger partial charge >= 0.3 is 41.8 Å². The number of carbonyl (C=O) groups is 7. The van der Waals surface area contributed by atoms with Crippen LogP contribution in [-0.4, -0.2) is 100.0 Å². The van der Waals surface area contributed by atoms with Crippen LogP contribution in [-0.2, 0) is 71.9 Å². The van der Waals surface area contributed by atoms with Gasteiger partial charge in [0.05, 0.1) is 17.9 Å². The number of sulfonamides is 1. The molecule has 6 atom stereocenters. The van der Waals surface area contributed by atoms with Gasteiger partial charge in [-0.25, -0.2) is 47.1 Å². The fraction of sp³-hybridized carbons (Fsp3) is 0.486. The Morgan fingerprint density at radius 2 is 1.05 bits per heavy atom. The lowest BCUT2D eigenvalue weighted by Gasteiger charge is -2.21. The zero-order valence-electron chi connectivity index (χ0n) is 32.8. The van der Waals surface area contributed by atoms with Crippen molar-refractivity contribution in [1.82, 2.24) is 0 Å². The first-order chi connectivity index (χ1) is 26.7. The highest BCUT2D eigenvalue weighted by Gasteiger charge is 2.33. The van der Waals surface area contributed by atoms with Crippen molar-refractivity contribution in [2.24, 2.45) is 5.14 Å². The maximum Gasteiger partial charge on any atom is 0.348 e. The number of hydrogen-bond acceptors (Lipinski definition) is 18. The van der Waals surface area contributed by atoms with E-state index in [2.05, 4.69) is 5.32 Å².